The number of para-hydroxylation sites is 2. The van der Waals surface area contributed by atoms with Crippen LogP contribution in [0.2, 0.25) is 0 Å². The van der Waals surface area contributed by atoms with Crippen molar-refractivity contribution in [1.29, 1.82) is 0 Å². The summed E-state index contributed by atoms with van der Waals surface area (Å²) >= 11 is 0. The molecule has 1 fully saturated rings. The highest BCUT2D eigenvalue weighted by atomic mass is 16.4. The molecule has 1 aliphatic rings. The molecule has 2 heterocycles. The van der Waals surface area contributed by atoms with Crippen molar-refractivity contribution in [2.75, 3.05) is 6.54 Å². The van der Waals surface area contributed by atoms with Crippen molar-refractivity contribution in [2.24, 2.45) is 0 Å². The van der Waals surface area contributed by atoms with Gasteiger partial charge < -0.3 is 10.0 Å². The second-order valence-corrected chi connectivity index (χ2v) is 6.33. The largest absolute Gasteiger partial charge is 0.480 e. The van der Waals surface area contributed by atoms with Gasteiger partial charge in [-0.3, -0.25) is 13.9 Å². The van der Waals surface area contributed by atoms with Gasteiger partial charge >= 0.3 is 11.7 Å². The molecule has 0 radical (unpaired) electrons. The van der Waals surface area contributed by atoms with Gasteiger partial charge in [0.15, 0.2) is 0 Å². The maximum absolute atomic E-state index is 12.7. The number of carbonyl (C=O) groups is 2. The lowest BCUT2D eigenvalue weighted by molar-refractivity contribution is -0.155. The summed E-state index contributed by atoms with van der Waals surface area (Å²) in [5.41, 5.74) is 0.0292. The standard InChI is InChI=1S/C17H21N3O4/c1-3-18-12-7-4-5-8-13(12)19(16(18)24)11-14(21)20-10-6-9-17(20,2)15(22)23/h4-5,7-8H,3,6,9-11H2,1-2H3,(H,22,23). The van der Waals surface area contributed by atoms with E-state index >= 15 is 0 Å². The number of benzene rings is 1. The molecular weight excluding hydrogens is 310 g/mol. The van der Waals surface area contributed by atoms with Gasteiger partial charge in [0.1, 0.15) is 12.1 Å². The van der Waals surface area contributed by atoms with Crippen molar-refractivity contribution < 1.29 is 14.7 Å². The van der Waals surface area contributed by atoms with Crippen LogP contribution in [0, 0.1) is 0 Å². The zero-order chi connectivity index (χ0) is 17.5. The van der Waals surface area contributed by atoms with Crippen LogP contribution < -0.4 is 5.69 Å². The van der Waals surface area contributed by atoms with Crippen molar-refractivity contribution in [3.63, 3.8) is 0 Å². The molecular formula is C17H21N3O4. The third-order valence-corrected chi connectivity index (χ3v) is 4.94. The molecule has 7 nitrogen and oxygen atoms in total. The summed E-state index contributed by atoms with van der Waals surface area (Å²) in [5, 5.41) is 9.46. The Morgan fingerprint density at radius 1 is 1.21 bits per heavy atom. The summed E-state index contributed by atoms with van der Waals surface area (Å²) in [6.07, 6.45) is 1.08. The van der Waals surface area contributed by atoms with E-state index in [2.05, 4.69) is 0 Å². The SMILES string of the molecule is CCn1c(=O)n(CC(=O)N2CCCC2(C)C(=O)O)c2ccccc21. The van der Waals surface area contributed by atoms with Gasteiger partial charge in [-0.2, -0.15) is 0 Å². The molecule has 0 spiro atoms. The fraction of sp³-hybridized carbons (Fsp3) is 0.471. The molecule has 7 heteroatoms. The quantitative estimate of drug-likeness (QED) is 0.915. The summed E-state index contributed by atoms with van der Waals surface area (Å²) in [7, 11) is 0. The molecule has 1 atom stereocenters. The van der Waals surface area contributed by atoms with E-state index in [4.69, 9.17) is 0 Å². The minimum atomic E-state index is -1.19. The number of hydrogen-bond acceptors (Lipinski definition) is 3. The summed E-state index contributed by atoms with van der Waals surface area (Å²) in [4.78, 5) is 38.3. The second-order valence-electron chi connectivity index (χ2n) is 6.33. The normalized spacial score (nSPS) is 20.7. The van der Waals surface area contributed by atoms with Gasteiger partial charge in [-0.15, -0.1) is 0 Å². The average molecular weight is 331 g/mol. The van der Waals surface area contributed by atoms with Crippen molar-refractivity contribution in [3.05, 3.63) is 34.7 Å². The number of carboxylic acid groups (broad SMARTS) is 1. The zero-order valence-corrected chi connectivity index (χ0v) is 13.9. The molecule has 1 aromatic carbocycles. The van der Waals surface area contributed by atoms with Crippen molar-refractivity contribution >= 4 is 22.9 Å². The van der Waals surface area contributed by atoms with Crippen LogP contribution in [0.3, 0.4) is 0 Å². The molecule has 1 aromatic heterocycles. The van der Waals surface area contributed by atoms with Gasteiger partial charge in [-0.1, -0.05) is 12.1 Å². The number of likely N-dealkylation sites (tertiary alicyclic amines) is 1. The molecule has 3 rings (SSSR count). The van der Waals surface area contributed by atoms with E-state index in [0.717, 1.165) is 5.52 Å². The number of aryl methyl sites for hydroxylation is 1. The average Bonchev–Trinajstić information content (AvgIpc) is 3.07. The van der Waals surface area contributed by atoms with Crippen molar-refractivity contribution in [1.82, 2.24) is 14.0 Å². The first-order valence-corrected chi connectivity index (χ1v) is 8.12. The fourth-order valence-electron chi connectivity index (χ4n) is 3.54. The number of rotatable bonds is 4. The molecule has 128 valence electrons. The zero-order valence-electron chi connectivity index (χ0n) is 13.9. The van der Waals surface area contributed by atoms with Crippen molar-refractivity contribution in [2.45, 2.75) is 45.3 Å². The van der Waals surface area contributed by atoms with E-state index in [1.807, 2.05) is 25.1 Å². The summed E-state index contributed by atoms with van der Waals surface area (Å²) < 4.78 is 3.05. The Hall–Kier alpha value is -2.57. The van der Waals surface area contributed by atoms with E-state index in [1.165, 1.54) is 9.47 Å². The highest BCUT2D eigenvalue weighted by Gasteiger charge is 2.45. The van der Waals surface area contributed by atoms with Crippen LogP contribution in [0.1, 0.15) is 26.7 Å². The Morgan fingerprint density at radius 3 is 2.42 bits per heavy atom. The first-order chi connectivity index (χ1) is 11.4. The van der Waals surface area contributed by atoms with Gasteiger partial charge in [0.05, 0.1) is 11.0 Å². The highest BCUT2D eigenvalue weighted by molar-refractivity contribution is 5.88. The molecule has 1 saturated heterocycles. The second kappa shape index (κ2) is 5.81. The number of imidazole rings is 1. The number of nitrogens with zero attached hydrogens (tertiary/aromatic N) is 3. The maximum atomic E-state index is 12.7. The number of aromatic nitrogens is 2. The highest BCUT2D eigenvalue weighted by Crippen LogP contribution is 2.29. The van der Waals surface area contributed by atoms with Crippen LogP contribution in [0.5, 0.6) is 0 Å². The fourth-order valence-corrected chi connectivity index (χ4v) is 3.54. The Balaban J connectivity index is 1.99. The molecule has 2 aromatic rings. The lowest BCUT2D eigenvalue weighted by Gasteiger charge is -2.31. The number of amides is 1. The molecule has 1 amide bonds. The third kappa shape index (κ3) is 2.31. The molecule has 1 unspecified atom stereocenters. The van der Waals surface area contributed by atoms with Crippen molar-refractivity contribution in [3.8, 4) is 0 Å². The van der Waals surface area contributed by atoms with Crippen LogP contribution in [0.25, 0.3) is 11.0 Å². The van der Waals surface area contributed by atoms with E-state index in [0.29, 0.717) is 31.4 Å². The maximum Gasteiger partial charge on any atom is 0.329 e. The first kappa shape index (κ1) is 16.3. The Morgan fingerprint density at radius 2 is 1.83 bits per heavy atom. The van der Waals surface area contributed by atoms with Crippen LogP contribution in [-0.2, 0) is 22.7 Å². The topological polar surface area (TPSA) is 84.5 Å². The van der Waals surface area contributed by atoms with Crippen LogP contribution >= 0.6 is 0 Å². The third-order valence-electron chi connectivity index (χ3n) is 4.94. The molecule has 0 saturated carbocycles. The summed E-state index contributed by atoms with van der Waals surface area (Å²) in [6, 6.07) is 7.32. The minimum absolute atomic E-state index is 0.144. The van der Waals surface area contributed by atoms with Gasteiger partial charge in [0.25, 0.3) is 0 Å². The van der Waals surface area contributed by atoms with Gasteiger partial charge in [-0.05, 0) is 38.8 Å². The molecule has 24 heavy (non-hydrogen) atoms. The number of carboxylic acids is 1. The Kier molecular flexibility index (Phi) is 3.95. The molecule has 1 aliphatic heterocycles. The molecule has 0 aliphatic carbocycles. The molecule has 1 N–H and O–H groups in total. The number of carbonyl (C=O) groups excluding carboxylic acids is 1. The van der Waals surface area contributed by atoms with E-state index in [-0.39, 0.29) is 18.1 Å². The lowest BCUT2D eigenvalue weighted by Crippen LogP contribution is -2.52. The Labute approximate surface area is 139 Å². The summed E-state index contributed by atoms with van der Waals surface area (Å²) in [5.74, 6) is -1.34. The van der Waals surface area contributed by atoms with Gasteiger partial charge in [-0.25, -0.2) is 9.59 Å². The Bertz CT molecular complexity index is 866. The molecule has 0 bridgehead atoms. The van der Waals surface area contributed by atoms with E-state index < -0.39 is 11.5 Å². The van der Waals surface area contributed by atoms with Crippen LogP contribution in [0.15, 0.2) is 29.1 Å². The van der Waals surface area contributed by atoms with Gasteiger partial charge in [0, 0.05) is 13.1 Å². The van der Waals surface area contributed by atoms with Crippen LogP contribution in [0.4, 0.5) is 0 Å². The number of aliphatic carboxylic acids is 1. The predicted molar refractivity (Wildman–Crippen MR) is 88.9 cm³/mol. The summed E-state index contributed by atoms with van der Waals surface area (Å²) in [6.45, 7) is 4.22. The minimum Gasteiger partial charge on any atom is -0.480 e. The van der Waals surface area contributed by atoms with E-state index in [1.54, 1.807) is 17.6 Å². The van der Waals surface area contributed by atoms with Crippen LogP contribution in [-0.4, -0.2) is 43.1 Å². The number of hydrogen-bond donors (Lipinski definition) is 1. The van der Waals surface area contributed by atoms with E-state index in [9.17, 15) is 19.5 Å². The lowest BCUT2D eigenvalue weighted by atomic mass is 9.99. The predicted octanol–water partition coefficient (Wildman–Crippen LogP) is 1.29. The van der Waals surface area contributed by atoms with Gasteiger partial charge in [0.2, 0.25) is 5.91 Å². The first-order valence-electron chi connectivity index (χ1n) is 8.12. The monoisotopic (exact) mass is 331 g/mol. The number of fused-ring (bicyclic) bond motifs is 1. The smallest absolute Gasteiger partial charge is 0.329 e.